The lowest BCUT2D eigenvalue weighted by Crippen LogP contribution is -2.60. The molecule has 0 heterocycles. The summed E-state index contributed by atoms with van der Waals surface area (Å²) in [5.74, 6) is 11.3. The fourth-order valence-corrected chi connectivity index (χ4v) is 11.3. The predicted octanol–water partition coefficient (Wildman–Crippen LogP) is 8.37. The molecule has 0 aromatic carbocycles. The monoisotopic (exact) mass is 463 g/mol. The van der Waals surface area contributed by atoms with Gasteiger partial charge in [-0.15, -0.1) is 0 Å². The molecular weight excluding hydrogens is 410 g/mol. The van der Waals surface area contributed by atoms with Crippen LogP contribution in [0.5, 0.6) is 0 Å². The zero-order valence-corrected chi connectivity index (χ0v) is 22.1. The van der Waals surface area contributed by atoms with Gasteiger partial charge >= 0.3 is 0 Å². The zero-order valence-electron chi connectivity index (χ0n) is 22.1. The van der Waals surface area contributed by atoms with E-state index in [0.29, 0.717) is 0 Å². The molecule has 8 fully saturated rings. The van der Waals surface area contributed by atoms with Crippen LogP contribution in [0.4, 0.5) is 0 Å². The first-order valence-electron chi connectivity index (χ1n) is 16.5. The first-order valence-corrected chi connectivity index (χ1v) is 16.5. The van der Waals surface area contributed by atoms with E-state index in [1.165, 1.54) is 37.0 Å². The number of rotatable bonds is 9. The van der Waals surface area contributed by atoms with Crippen molar-refractivity contribution in [3.05, 3.63) is 0 Å². The van der Waals surface area contributed by atoms with E-state index in [1.54, 1.807) is 109 Å². The van der Waals surface area contributed by atoms with Crippen LogP contribution < -0.4 is 5.32 Å². The predicted molar refractivity (Wildman–Crippen MR) is 140 cm³/mol. The first kappa shape index (κ1) is 22.0. The Morgan fingerprint density at radius 1 is 0.500 bits per heavy atom. The summed E-state index contributed by atoms with van der Waals surface area (Å²) in [4.78, 5) is 0. The van der Waals surface area contributed by atoms with Crippen molar-refractivity contribution in [2.45, 2.75) is 141 Å². The molecule has 1 nitrogen and oxygen atoms in total. The number of nitrogens with one attached hydrogen (secondary N) is 1. The standard InChI is InChI=1S/C33H53N/c1-4-22(5-1)25-8-9-26(25)24-18-21(19-24)20-33(16-3-17-33)30-13-10-28(30)29-12-15-32(29)34-31-14-11-27(31)23-6-2-7-23/h21-32,34H,1-20H2/t21?,24?,25-,26?,27-,28?,29-,30?,31?,32-/m0/s1. The third kappa shape index (κ3) is 3.40. The molecule has 0 aromatic heterocycles. The molecule has 8 atom stereocenters. The summed E-state index contributed by atoms with van der Waals surface area (Å²) in [7, 11) is 0. The lowest BCUT2D eigenvalue weighted by atomic mass is 9.43. The Bertz CT molecular complexity index is 740. The smallest absolute Gasteiger partial charge is 0.0101 e. The molecule has 1 heteroatoms. The van der Waals surface area contributed by atoms with Crippen LogP contribution in [0.1, 0.15) is 128 Å². The van der Waals surface area contributed by atoms with E-state index in [4.69, 9.17) is 0 Å². The molecule has 0 radical (unpaired) electrons. The molecule has 0 spiro atoms. The van der Waals surface area contributed by atoms with Crippen molar-refractivity contribution in [1.29, 1.82) is 0 Å². The molecule has 8 aliphatic carbocycles. The molecule has 0 amide bonds. The Balaban J connectivity index is 0.848. The van der Waals surface area contributed by atoms with Gasteiger partial charge in [0.1, 0.15) is 0 Å². The van der Waals surface area contributed by atoms with Crippen LogP contribution in [0.15, 0.2) is 0 Å². The van der Waals surface area contributed by atoms with Crippen molar-refractivity contribution < 1.29 is 0 Å². The molecule has 0 aromatic rings. The number of hydrogen-bond acceptors (Lipinski definition) is 1. The fraction of sp³-hybridized carbons (Fsp3) is 1.00. The highest BCUT2D eigenvalue weighted by Crippen LogP contribution is 2.65. The van der Waals surface area contributed by atoms with Gasteiger partial charge < -0.3 is 5.32 Å². The van der Waals surface area contributed by atoms with Gasteiger partial charge in [-0.25, -0.2) is 0 Å². The molecule has 8 aliphatic rings. The minimum Gasteiger partial charge on any atom is -0.311 e. The molecule has 0 bridgehead atoms. The first-order chi connectivity index (χ1) is 16.8. The van der Waals surface area contributed by atoms with Gasteiger partial charge in [0.2, 0.25) is 0 Å². The maximum absolute atomic E-state index is 4.28. The van der Waals surface area contributed by atoms with Gasteiger partial charge in [0.05, 0.1) is 0 Å². The Labute approximate surface area is 210 Å². The van der Waals surface area contributed by atoms with E-state index in [9.17, 15) is 0 Å². The van der Waals surface area contributed by atoms with Gasteiger partial charge in [-0.3, -0.25) is 0 Å². The molecule has 1 N–H and O–H groups in total. The maximum Gasteiger partial charge on any atom is 0.0101 e. The van der Waals surface area contributed by atoms with Gasteiger partial charge in [0, 0.05) is 12.1 Å². The van der Waals surface area contributed by atoms with Crippen LogP contribution in [0.3, 0.4) is 0 Å². The summed E-state index contributed by atoms with van der Waals surface area (Å²) in [5.41, 5.74) is 0.816. The summed E-state index contributed by atoms with van der Waals surface area (Å²) < 4.78 is 0. The van der Waals surface area contributed by atoms with Gasteiger partial charge in [-0.1, -0.05) is 44.9 Å². The third-order valence-electron chi connectivity index (χ3n) is 14.6. The molecule has 4 unspecified atom stereocenters. The SMILES string of the molecule is C1CC([C@@H]2CCC2N[C@H]2CC[C@H]2C2CCC2C2(CC3CC(C4CC[C@H]4C4CCC4)C3)CCC2)C1. The summed E-state index contributed by atoms with van der Waals surface area (Å²) >= 11 is 0. The Morgan fingerprint density at radius 2 is 1.09 bits per heavy atom. The van der Waals surface area contributed by atoms with Crippen LogP contribution >= 0.6 is 0 Å². The second-order valence-electron chi connectivity index (χ2n) is 15.5. The second kappa shape index (κ2) is 8.49. The summed E-state index contributed by atoms with van der Waals surface area (Å²) in [6.07, 6.45) is 31.6. The molecule has 0 saturated heterocycles. The van der Waals surface area contributed by atoms with E-state index in [-0.39, 0.29) is 0 Å². The average Bonchev–Trinajstić information content (AvgIpc) is 2.63. The Morgan fingerprint density at radius 3 is 1.56 bits per heavy atom. The minimum atomic E-state index is 0.816. The zero-order chi connectivity index (χ0) is 22.3. The molecule has 34 heavy (non-hydrogen) atoms. The van der Waals surface area contributed by atoms with Gasteiger partial charge in [-0.2, -0.15) is 0 Å². The van der Waals surface area contributed by atoms with Crippen molar-refractivity contribution in [1.82, 2.24) is 5.32 Å². The topological polar surface area (TPSA) is 12.0 Å². The van der Waals surface area contributed by atoms with Crippen LogP contribution in [-0.4, -0.2) is 12.1 Å². The van der Waals surface area contributed by atoms with Gasteiger partial charge in [-0.05, 0) is 148 Å². The van der Waals surface area contributed by atoms with E-state index in [1.807, 2.05) is 0 Å². The van der Waals surface area contributed by atoms with Crippen LogP contribution in [0.2, 0.25) is 0 Å². The van der Waals surface area contributed by atoms with Crippen LogP contribution in [-0.2, 0) is 0 Å². The molecule has 190 valence electrons. The van der Waals surface area contributed by atoms with E-state index >= 15 is 0 Å². The van der Waals surface area contributed by atoms with Crippen LogP contribution in [0.25, 0.3) is 0 Å². The molecule has 8 rings (SSSR count). The third-order valence-corrected chi connectivity index (χ3v) is 14.6. The highest BCUT2D eigenvalue weighted by atomic mass is 15.0. The van der Waals surface area contributed by atoms with Crippen molar-refractivity contribution in [2.24, 2.45) is 64.6 Å². The summed E-state index contributed by atoms with van der Waals surface area (Å²) in [6, 6.07) is 1.82. The molecular formula is C33H53N. The quantitative estimate of drug-likeness (QED) is 0.362. The highest BCUT2D eigenvalue weighted by molar-refractivity contribution is 5.08. The lowest BCUT2D eigenvalue weighted by Gasteiger charge is -2.62. The normalized spacial score (nSPS) is 51.9. The van der Waals surface area contributed by atoms with Gasteiger partial charge in [0.15, 0.2) is 0 Å². The maximum atomic E-state index is 4.28. The van der Waals surface area contributed by atoms with Crippen molar-refractivity contribution >= 4 is 0 Å². The van der Waals surface area contributed by atoms with Crippen molar-refractivity contribution in [3.8, 4) is 0 Å². The lowest BCUT2D eigenvalue weighted by molar-refractivity contribution is -0.118. The largest absolute Gasteiger partial charge is 0.311 e. The van der Waals surface area contributed by atoms with E-state index in [0.717, 1.165) is 58.9 Å². The average molecular weight is 464 g/mol. The molecule has 8 saturated carbocycles. The highest BCUT2D eigenvalue weighted by Gasteiger charge is 2.57. The summed E-state index contributed by atoms with van der Waals surface area (Å²) in [6.45, 7) is 0. The molecule has 0 aliphatic heterocycles. The Hall–Kier alpha value is -0.0400. The second-order valence-corrected chi connectivity index (χ2v) is 15.5. The van der Waals surface area contributed by atoms with E-state index in [2.05, 4.69) is 5.32 Å². The van der Waals surface area contributed by atoms with Crippen LogP contribution in [0, 0.1) is 64.6 Å². The number of hydrogen-bond donors (Lipinski definition) is 1. The Kier molecular flexibility index (Phi) is 5.49. The van der Waals surface area contributed by atoms with E-state index < -0.39 is 0 Å². The van der Waals surface area contributed by atoms with Crippen molar-refractivity contribution in [3.63, 3.8) is 0 Å². The van der Waals surface area contributed by atoms with Crippen molar-refractivity contribution in [2.75, 3.05) is 0 Å². The summed E-state index contributed by atoms with van der Waals surface area (Å²) in [5, 5.41) is 4.28. The fourth-order valence-electron chi connectivity index (χ4n) is 11.3. The minimum absolute atomic E-state index is 0.816. The van der Waals surface area contributed by atoms with Gasteiger partial charge in [0.25, 0.3) is 0 Å².